The molecule has 1 N–H and O–H groups in total. The maximum atomic E-state index is 5.89. The smallest absolute Gasteiger partial charge is 0.0795 e. The van der Waals surface area contributed by atoms with Crippen LogP contribution in [0.4, 0.5) is 0 Å². The van der Waals surface area contributed by atoms with Crippen molar-refractivity contribution in [3.63, 3.8) is 0 Å². The lowest BCUT2D eigenvalue weighted by Gasteiger charge is -2.26. The van der Waals surface area contributed by atoms with E-state index in [0.29, 0.717) is 18.1 Å². The quantitative estimate of drug-likeness (QED) is 0.862. The fourth-order valence-electron chi connectivity index (χ4n) is 2.84. The molecule has 1 aliphatic heterocycles. The first-order valence-electron chi connectivity index (χ1n) is 7.14. The van der Waals surface area contributed by atoms with Gasteiger partial charge in [-0.25, -0.2) is 0 Å². The summed E-state index contributed by atoms with van der Waals surface area (Å²) >= 11 is 0. The summed E-state index contributed by atoms with van der Waals surface area (Å²) in [4.78, 5) is 0. The Morgan fingerprint density at radius 3 is 2.56 bits per heavy atom. The highest BCUT2D eigenvalue weighted by molar-refractivity contribution is 5.26. The third-order valence-electron chi connectivity index (χ3n) is 3.96. The van der Waals surface area contributed by atoms with Gasteiger partial charge in [-0.1, -0.05) is 44.5 Å². The fraction of sp³-hybridized carbons (Fsp3) is 0.625. The maximum Gasteiger partial charge on any atom is 0.0795 e. The summed E-state index contributed by atoms with van der Waals surface area (Å²) in [5, 5.41) is 3.42. The molecule has 18 heavy (non-hydrogen) atoms. The normalized spacial score (nSPS) is 25.3. The van der Waals surface area contributed by atoms with Crippen LogP contribution in [0.25, 0.3) is 0 Å². The van der Waals surface area contributed by atoms with Crippen molar-refractivity contribution in [2.45, 2.75) is 45.3 Å². The Morgan fingerprint density at radius 1 is 1.33 bits per heavy atom. The fourth-order valence-corrected chi connectivity index (χ4v) is 2.84. The number of aryl methyl sites for hydroxylation is 1. The highest BCUT2D eigenvalue weighted by atomic mass is 16.5. The molecule has 3 atom stereocenters. The Morgan fingerprint density at radius 2 is 2.06 bits per heavy atom. The number of nitrogens with one attached hydrogen (secondary N) is 1. The van der Waals surface area contributed by atoms with Gasteiger partial charge in [0.05, 0.1) is 12.1 Å². The number of hydrogen-bond acceptors (Lipinski definition) is 2. The van der Waals surface area contributed by atoms with Gasteiger partial charge >= 0.3 is 0 Å². The van der Waals surface area contributed by atoms with Crippen molar-refractivity contribution in [2.24, 2.45) is 5.92 Å². The molecule has 3 unspecified atom stereocenters. The van der Waals surface area contributed by atoms with E-state index in [1.165, 1.54) is 30.4 Å². The monoisotopic (exact) mass is 247 g/mol. The minimum Gasteiger partial charge on any atom is -0.376 e. The van der Waals surface area contributed by atoms with Crippen molar-refractivity contribution in [1.82, 2.24) is 5.32 Å². The minimum absolute atomic E-state index is 0.312. The molecule has 0 radical (unpaired) electrons. The van der Waals surface area contributed by atoms with E-state index in [0.717, 1.165) is 6.61 Å². The zero-order valence-electron chi connectivity index (χ0n) is 11.8. The van der Waals surface area contributed by atoms with E-state index in [1.807, 2.05) is 7.05 Å². The van der Waals surface area contributed by atoms with E-state index in [4.69, 9.17) is 4.74 Å². The largest absolute Gasteiger partial charge is 0.376 e. The van der Waals surface area contributed by atoms with Gasteiger partial charge in [0.2, 0.25) is 0 Å². The molecule has 2 nitrogen and oxygen atoms in total. The van der Waals surface area contributed by atoms with Crippen LogP contribution in [0.1, 0.15) is 43.9 Å². The second kappa shape index (κ2) is 6.35. The molecule has 2 heteroatoms. The van der Waals surface area contributed by atoms with Crippen LogP contribution in [0.5, 0.6) is 0 Å². The van der Waals surface area contributed by atoms with Crippen LogP contribution in [0.15, 0.2) is 24.3 Å². The maximum absolute atomic E-state index is 5.89. The molecule has 0 bridgehead atoms. The topological polar surface area (TPSA) is 21.3 Å². The first-order valence-corrected chi connectivity index (χ1v) is 7.14. The number of hydrogen-bond donors (Lipinski definition) is 1. The lowest BCUT2D eigenvalue weighted by Crippen LogP contribution is -2.32. The van der Waals surface area contributed by atoms with Gasteiger partial charge in [0, 0.05) is 6.61 Å². The van der Waals surface area contributed by atoms with Gasteiger partial charge < -0.3 is 10.1 Å². The molecule has 0 aromatic heterocycles. The molecule has 2 rings (SSSR count). The summed E-state index contributed by atoms with van der Waals surface area (Å²) in [5.74, 6) is 0.637. The molecule has 1 heterocycles. The summed E-state index contributed by atoms with van der Waals surface area (Å²) in [6.45, 7) is 5.41. The molecule has 1 aromatic carbocycles. The summed E-state index contributed by atoms with van der Waals surface area (Å²) in [5.41, 5.74) is 2.77. The number of likely N-dealkylation sites (N-methyl/N-ethyl adjacent to an activating group) is 1. The third kappa shape index (κ3) is 2.93. The van der Waals surface area contributed by atoms with Gasteiger partial charge in [0.15, 0.2) is 0 Å². The van der Waals surface area contributed by atoms with E-state index in [9.17, 15) is 0 Å². The van der Waals surface area contributed by atoms with E-state index >= 15 is 0 Å². The molecule has 0 saturated carbocycles. The highest BCUT2D eigenvalue weighted by Crippen LogP contribution is 2.31. The standard InChI is InChI=1S/C16H25NO/c1-4-5-13-6-8-14(9-7-13)15(17-3)16-12(2)10-11-18-16/h6-9,12,15-17H,4-5,10-11H2,1-3H3. The Bertz CT molecular complexity index is 360. The van der Waals surface area contributed by atoms with Crippen LogP contribution in [0, 0.1) is 5.92 Å². The summed E-state index contributed by atoms with van der Waals surface area (Å²) in [7, 11) is 2.03. The third-order valence-corrected chi connectivity index (χ3v) is 3.96. The van der Waals surface area contributed by atoms with Gasteiger partial charge in [-0.2, -0.15) is 0 Å². The van der Waals surface area contributed by atoms with Gasteiger partial charge in [0.25, 0.3) is 0 Å². The molecule has 1 aliphatic rings. The van der Waals surface area contributed by atoms with Crippen LogP contribution in [-0.4, -0.2) is 19.8 Å². The molecule has 1 saturated heterocycles. The average molecular weight is 247 g/mol. The highest BCUT2D eigenvalue weighted by Gasteiger charge is 2.31. The Kier molecular flexibility index (Phi) is 4.79. The lowest BCUT2D eigenvalue weighted by molar-refractivity contribution is 0.0631. The number of ether oxygens (including phenoxy) is 1. The van der Waals surface area contributed by atoms with Crippen LogP contribution in [-0.2, 0) is 11.2 Å². The van der Waals surface area contributed by atoms with Crippen LogP contribution in [0.2, 0.25) is 0 Å². The summed E-state index contributed by atoms with van der Waals surface area (Å²) in [6.07, 6.45) is 3.86. The molecular formula is C16H25NO. The van der Waals surface area contributed by atoms with Crippen LogP contribution < -0.4 is 5.32 Å². The lowest BCUT2D eigenvalue weighted by atomic mass is 9.92. The SMILES string of the molecule is CCCc1ccc(C(NC)C2OCCC2C)cc1. The Hall–Kier alpha value is -0.860. The van der Waals surface area contributed by atoms with Crippen molar-refractivity contribution < 1.29 is 4.74 Å². The van der Waals surface area contributed by atoms with Crippen molar-refractivity contribution in [2.75, 3.05) is 13.7 Å². The molecule has 0 spiro atoms. The van der Waals surface area contributed by atoms with Crippen molar-refractivity contribution in [1.29, 1.82) is 0 Å². The van der Waals surface area contributed by atoms with Crippen LogP contribution in [0.3, 0.4) is 0 Å². The molecular weight excluding hydrogens is 222 g/mol. The van der Waals surface area contributed by atoms with Gasteiger partial charge in [-0.3, -0.25) is 0 Å². The first-order chi connectivity index (χ1) is 8.76. The van der Waals surface area contributed by atoms with E-state index in [2.05, 4.69) is 43.4 Å². The first kappa shape index (κ1) is 13.6. The van der Waals surface area contributed by atoms with Crippen molar-refractivity contribution >= 4 is 0 Å². The van der Waals surface area contributed by atoms with E-state index in [1.54, 1.807) is 0 Å². The average Bonchev–Trinajstić information content (AvgIpc) is 2.79. The summed E-state index contributed by atoms with van der Waals surface area (Å²) < 4.78 is 5.89. The molecule has 0 aliphatic carbocycles. The molecule has 1 aromatic rings. The van der Waals surface area contributed by atoms with Gasteiger partial charge in [-0.15, -0.1) is 0 Å². The van der Waals surface area contributed by atoms with Gasteiger partial charge in [-0.05, 0) is 36.9 Å². The predicted octanol–water partition coefficient (Wildman–Crippen LogP) is 3.32. The molecule has 0 amide bonds. The zero-order valence-corrected chi connectivity index (χ0v) is 11.8. The second-order valence-electron chi connectivity index (χ2n) is 5.36. The Labute approximate surface area is 111 Å². The second-order valence-corrected chi connectivity index (χ2v) is 5.36. The van der Waals surface area contributed by atoms with Gasteiger partial charge in [0.1, 0.15) is 0 Å². The predicted molar refractivity (Wildman–Crippen MR) is 75.8 cm³/mol. The molecule has 100 valence electrons. The minimum atomic E-state index is 0.312. The zero-order chi connectivity index (χ0) is 13.0. The Balaban J connectivity index is 2.11. The van der Waals surface area contributed by atoms with Crippen molar-refractivity contribution in [3.05, 3.63) is 35.4 Å². The van der Waals surface area contributed by atoms with Crippen molar-refractivity contribution in [3.8, 4) is 0 Å². The van der Waals surface area contributed by atoms with E-state index < -0.39 is 0 Å². The summed E-state index contributed by atoms with van der Waals surface area (Å²) in [6, 6.07) is 9.32. The number of rotatable bonds is 5. The van der Waals surface area contributed by atoms with E-state index in [-0.39, 0.29) is 0 Å². The molecule has 1 fully saturated rings. The number of benzene rings is 1. The van der Waals surface area contributed by atoms with Crippen LogP contribution >= 0.6 is 0 Å².